The summed E-state index contributed by atoms with van der Waals surface area (Å²) in [5.41, 5.74) is -0.245. The van der Waals surface area contributed by atoms with E-state index in [-0.39, 0.29) is 11.6 Å². The molecule has 0 aromatic carbocycles. The Hall–Kier alpha value is -0.930. The first-order valence-corrected chi connectivity index (χ1v) is 7.27. The number of hydrogen-bond donors (Lipinski definition) is 0. The fraction of sp³-hybridized carbons (Fsp3) is 0.929. The quantitative estimate of drug-likeness (QED) is 0.737. The van der Waals surface area contributed by atoms with E-state index in [4.69, 9.17) is 0 Å². The van der Waals surface area contributed by atoms with Gasteiger partial charge in [0.1, 0.15) is 0 Å². The van der Waals surface area contributed by atoms with Crippen LogP contribution in [0.15, 0.2) is 10.2 Å². The van der Waals surface area contributed by atoms with Crippen LogP contribution in [0.2, 0.25) is 0 Å². The highest BCUT2D eigenvalue weighted by molar-refractivity contribution is 5.77. The van der Waals surface area contributed by atoms with Crippen LogP contribution in [0.4, 0.5) is 0 Å². The molecule has 0 bridgehead atoms. The van der Waals surface area contributed by atoms with Gasteiger partial charge in [0.25, 0.3) is 0 Å². The molecule has 0 N–H and O–H groups in total. The highest BCUT2D eigenvalue weighted by atomic mass is 16.2. The summed E-state index contributed by atoms with van der Waals surface area (Å²) in [7, 11) is 0. The maximum absolute atomic E-state index is 12.4. The Balaban J connectivity index is 1.88. The van der Waals surface area contributed by atoms with Crippen molar-refractivity contribution in [3.05, 3.63) is 0 Å². The lowest BCUT2D eigenvalue weighted by molar-refractivity contribution is -0.136. The third kappa shape index (κ3) is 3.30. The van der Waals surface area contributed by atoms with Gasteiger partial charge >= 0.3 is 0 Å². The van der Waals surface area contributed by atoms with Crippen LogP contribution in [0.25, 0.3) is 0 Å². The van der Waals surface area contributed by atoms with Crippen molar-refractivity contribution in [3.8, 4) is 0 Å². The van der Waals surface area contributed by atoms with Crippen LogP contribution in [-0.2, 0) is 4.79 Å². The predicted octanol–water partition coefficient (Wildman–Crippen LogP) is 3.52. The van der Waals surface area contributed by atoms with Crippen LogP contribution >= 0.6 is 0 Å². The highest BCUT2D eigenvalue weighted by Crippen LogP contribution is 2.33. The third-order valence-corrected chi connectivity index (χ3v) is 4.07. The normalized spacial score (nSPS) is 22.2. The standard InChI is InChI=1S/C14H25N3O/c1-11(2)17(12-7-5-4-6-8-12)13(18)9-10-14(3)15-16-14/h11-12H,4-10H2,1-3H3. The summed E-state index contributed by atoms with van der Waals surface area (Å²) in [4.78, 5) is 14.5. The van der Waals surface area contributed by atoms with Crippen molar-refractivity contribution >= 4 is 5.91 Å². The molecule has 0 atom stereocenters. The lowest BCUT2D eigenvalue weighted by Crippen LogP contribution is -2.45. The number of nitrogens with zero attached hydrogens (tertiary/aromatic N) is 3. The van der Waals surface area contributed by atoms with E-state index in [2.05, 4.69) is 29.0 Å². The van der Waals surface area contributed by atoms with Gasteiger partial charge < -0.3 is 4.90 Å². The summed E-state index contributed by atoms with van der Waals surface area (Å²) in [5, 5.41) is 7.95. The molecule has 0 radical (unpaired) electrons. The molecule has 102 valence electrons. The molecule has 0 spiro atoms. The van der Waals surface area contributed by atoms with Crippen LogP contribution < -0.4 is 0 Å². The van der Waals surface area contributed by atoms with Crippen molar-refractivity contribution in [1.29, 1.82) is 0 Å². The van der Waals surface area contributed by atoms with Gasteiger partial charge in [-0.1, -0.05) is 19.3 Å². The molecule has 1 saturated carbocycles. The van der Waals surface area contributed by atoms with E-state index in [1.165, 1.54) is 32.1 Å². The molecular formula is C14H25N3O. The molecule has 2 aliphatic rings. The SMILES string of the molecule is CC(C)N(C(=O)CCC1(C)N=N1)C1CCCCC1. The average molecular weight is 251 g/mol. The molecule has 0 aromatic heterocycles. The maximum atomic E-state index is 12.4. The van der Waals surface area contributed by atoms with Gasteiger partial charge in [-0.3, -0.25) is 4.79 Å². The van der Waals surface area contributed by atoms with E-state index in [9.17, 15) is 4.79 Å². The van der Waals surface area contributed by atoms with E-state index >= 15 is 0 Å². The monoisotopic (exact) mass is 251 g/mol. The molecule has 1 aliphatic heterocycles. The van der Waals surface area contributed by atoms with Gasteiger partial charge in [-0.25, -0.2) is 0 Å². The lowest BCUT2D eigenvalue weighted by atomic mass is 9.93. The predicted molar refractivity (Wildman–Crippen MR) is 71.4 cm³/mol. The van der Waals surface area contributed by atoms with Crippen molar-refractivity contribution in [2.45, 2.75) is 83.5 Å². The van der Waals surface area contributed by atoms with Gasteiger partial charge in [-0.2, -0.15) is 10.2 Å². The summed E-state index contributed by atoms with van der Waals surface area (Å²) in [6, 6.07) is 0.772. The first-order chi connectivity index (χ1) is 8.52. The Bertz CT molecular complexity index is 326. The van der Waals surface area contributed by atoms with Crippen molar-refractivity contribution in [2.75, 3.05) is 0 Å². The van der Waals surface area contributed by atoms with Crippen molar-refractivity contribution in [1.82, 2.24) is 4.90 Å². The molecule has 1 fully saturated rings. The first-order valence-electron chi connectivity index (χ1n) is 7.27. The zero-order chi connectivity index (χ0) is 13.2. The number of carbonyl (C=O) groups excluding carboxylic acids is 1. The van der Waals surface area contributed by atoms with Gasteiger partial charge in [0.05, 0.1) is 0 Å². The summed E-state index contributed by atoms with van der Waals surface area (Å²) >= 11 is 0. The van der Waals surface area contributed by atoms with Crippen LogP contribution in [0, 0.1) is 0 Å². The smallest absolute Gasteiger partial charge is 0.223 e. The fourth-order valence-corrected chi connectivity index (χ4v) is 2.93. The van der Waals surface area contributed by atoms with Crippen molar-refractivity contribution in [3.63, 3.8) is 0 Å². The molecule has 4 heteroatoms. The number of carbonyl (C=O) groups is 1. The van der Waals surface area contributed by atoms with Gasteiger partial charge in [0, 0.05) is 24.9 Å². The molecular weight excluding hydrogens is 226 g/mol. The zero-order valence-electron chi connectivity index (χ0n) is 11.9. The lowest BCUT2D eigenvalue weighted by Gasteiger charge is -2.37. The average Bonchev–Trinajstić information content (AvgIpc) is 3.07. The molecule has 0 unspecified atom stereocenters. The first kappa shape index (κ1) is 13.5. The summed E-state index contributed by atoms with van der Waals surface area (Å²) in [6.07, 6.45) is 7.56. The third-order valence-electron chi connectivity index (χ3n) is 4.07. The number of rotatable bonds is 5. The molecule has 1 amide bonds. The molecule has 1 heterocycles. The van der Waals surface area contributed by atoms with Crippen LogP contribution in [-0.4, -0.2) is 28.6 Å². The second kappa shape index (κ2) is 5.37. The van der Waals surface area contributed by atoms with E-state index in [1.807, 2.05) is 6.92 Å². The molecule has 18 heavy (non-hydrogen) atoms. The van der Waals surface area contributed by atoms with Gasteiger partial charge in [0.15, 0.2) is 5.66 Å². The van der Waals surface area contributed by atoms with Crippen LogP contribution in [0.1, 0.15) is 65.7 Å². The summed E-state index contributed by atoms with van der Waals surface area (Å²) in [6.45, 7) is 6.24. The van der Waals surface area contributed by atoms with E-state index in [0.717, 1.165) is 6.42 Å². The maximum Gasteiger partial charge on any atom is 0.223 e. The second-order valence-electron chi connectivity index (χ2n) is 6.10. The molecule has 1 aliphatic carbocycles. The van der Waals surface area contributed by atoms with E-state index in [1.54, 1.807) is 0 Å². The summed E-state index contributed by atoms with van der Waals surface area (Å²) < 4.78 is 0. The van der Waals surface area contributed by atoms with Crippen molar-refractivity contribution < 1.29 is 4.79 Å². The molecule has 0 saturated heterocycles. The van der Waals surface area contributed by atoms with E-state index in [0.29, 0.717) is 18.5 Å². The Morgan fingerprint density at radius 3 is 2.39 bits per heavy atom. The Morgan fingerprint density at radius 2 is 1.89 bits per heavy atom. The Kier molecular flexibility index (Phi) is 4.03. The molecule has 0 aromatic rings. The topological polar surface area (TPSA) is 45.0 Å². The largest absolute Gasteiger partial charge is 0.337 e. The second-order valence-corrected chi connectivity index (χ2v) is 6.10. The number of hydrogen-bond acceptors (Lipinski definition) is 3. The minimum absolute atomic E-state index is 0.245. The van der Waals surface area contributed by atoms with Crippen LogP contribution in [0.3, 0.4) is 0 Å². The van der Waals surface area contributed by atoms with Crippen molar-refractivity contribution in [2.24, 2.45) is 10.2 Å². The molecule has 2 rings (SSSR count). The summed E-state index contributed by atoms with van der Waals surface area (Å²) in [5.74, 6) is 0.287. The highest BCUT2D eigenvalue weighted by Gasteiger charge is 2.35. The Labute approximate surface area is 110 Å². The van der Waals surface area contributed by atoms with Gasteiger partial charge in [-0.15, -0.1) is 0 Å². The minimum Gasteiger partial charge on any atom is -0.337 e. The molecule has 4 nitrogen and oxygen atoms in total. The fourth-order valence-electron chi connectivity index (χ4n) is 2.93. The number of amides is 1. The van der Waals surface area contributed by atoms with Gasteiger partial charge in [-0.05, 0) is 33.6 Å². The zero-order valence-corrected chi connectivity index (χ0v) is 11.9. The Morgan fingerprint density at radius 1 is 1.28 bits per heavy atom. The van der Waals surface area contributed by atoms with Crippen LogP contribution in [0.5, 0.6) is 0 Å². The van der Waals surface area contributed by atoms with E-state index < -0.39 is 0 Å². The van der Waals surface area contributed by atoms with Gasteiger partial charge in [0.2, 0.25) is 5.91 Å². The minimum atomic E-state index is -0.245.